The Morgan fingerprint density at radius 2 is 1.95 bits per heavy atom. The Kier molecular flexibility index (Phi) is 3.99. The predicted molar refractivity (Wildman–Crippen MR) is 68.5 cm³/mol. The molecule has 0 aliphatic heterocycles. The third-order valence-electron chi connectivity index (χ3n) is 2.83. The summed E-state index contributed by atoms with van der Waals surface area (Å²) >= 11 is 0. The van der Waals surface area contributed by atoms with Crippen LogP contribution in [-0.4, -0.2) is 16.8 Å². The lowest BCUT2D eigenvalue weighted by Crippen LogP contribution is -2.03. The number of alkyl halides is 2. The van der Waals surface area contributed by atoms with Gasteiger partial charge in [-0.2, -0.15) is 13.9 Å². The van der Waals surface area contributed by atoms with Gasteiger partial charge in [-0.3, -0.25) is 5.10 Å². The second-order valence-corrected chi connectivity index (χ2v) is 4.17. The van der Waals surface area contributed by atoms with Gasteiger partial charge in [0.15, 0.2) is 0 Å². The molecule has 0 saturated carbocycles. The number of hydrogen-bond donors (Lipinski definition) is 2. The van der Waals surface area contributed by atoms with Gasteiger partial charge in [0.2, 0.25) is 0 Å². The van der Waals surface area contributed by atoms with Gasteiger partial charge < -0.3 is 10.1 Å². The molecular weight excluding hydrogens is 252 g/mol. The van der Waals surface area contributed by atoms with Crippen LogP contribution in [0.4, 0.5) is 14.5 Å². The minimum absolute atomic E-state index is 0.149. The maximum Gasteiger partial charge on any atom is 0.387 e. The van der Waals surface area contributed by atoms with Crippen LogP contribution in [0.3, 0.4) is 0 Å². The first kappa shape index (κ1) is 13.3. The number of anilines is 1. The Bertz CT molecular complexity index is 518. The van der Waals surface area contributed by atoms with Crippen LogP contribution in [0.5, 0.6) is 5.75 Å². The van der Waals surface area contributed by atoms with Gasteiger partial charge in [0.1, 0.15) is 5.75 Å². The number of ether oxygens (including phenoxy) is 1. The summed E-state index contributed by atoms with van der Waals surface area (Å²) in [6.45, 7) is 1.72. The normalized spacial score (nSPS) is 10.8. The van der Waals surface area contributed by atoms with Crippen LogP contribution in [-0.2, 0) is 6.54 Å². The number of benzene rings is 1. The minimum Gasteiger partial charge on any atom is -0.435 e. The van der Waals surface area contributed by atoms with Crippen molar-refractivity contribution >= 4 is 5.69 Å². The van der Waals surface area contributed by atoms with Crippen molar-refractivity contribution in [2.24, 2.45) is 0 Å². The SMILES string of the molecule is Cc1n[nH]c(C)c1CNc1ccc(OC(F)F)cc1. The van der Waals surface area contributed by atoms with Gasteiger partial charge in [-0.25, -0.2) is 0 Å². The molecule has 2 rings (SSSR count). The van der Waals surface area contributed by atoms with Crippen LogP contribution >= 0.6 is 0 Å². The number of aryl methyl sites for hydroxylation is 2. The minimum atomic E-state index is -2.80. The Morgan fingerprint density at radius 3 is 2.47 bits per heavy atom. The fourth-order valence-corrected chi connectivity index (χ4v) is 1.78. The molecule has 0 bridgehead atoms. The first-order valence-electron chi connectivity index (χ1n) is 5.85. The van der Waals surface area contributed by atoms with Crippen molar-refractivity contribution in [2.75, 3.05) is 5.32 Å². The van der Waals surface area contributed by atoms with Crippen LogP contribution in [0.25, 0.3) is 0 Å². The van der Waals surface area contributed by atoms with Crippen molar-refractivity contribution in [1.29, 1.82) is 0 Å². The van der Waals surface area contributed by atoms with Crippen molar-refractivity contribution in [3.8, 4) is 5.75 Å². The van der Waals surface area contributed by atoms with Gasteiger partial charge in [-0.15, -0.1) is 0 Å². The van der Waals surface area contributed by atoms with Gasteiger partial charge >= 0.3 is 6.61 Å². The van der Waals surface area contributed by atoms with E-state index in [1.165, 1.54) is 12.1 Å². The molecule has 0 amide bonds. The van der Waals surface area contributed by atoms with Gasteiger partial charge in [0, 0.05) is 23.5 Å². The van der Waals surface area contributed by atoms with Crippen molar-refractivity contribution in [3.63, 3.8) is 0 Å². The fraction of sp³-hybridized carbons (Fsp3) is 0.308. The summed E-state index contributed by atoms with van der Waals surface area (Å²) < 4.78 is 28.3. The zero-order valence-electron chi connectivity index (χ0n) is 10.7. The van der Waals surface area contributed by atoms with E-state index in [1.54, 1.807) is 12.1 Å². The van der Waals surface area contributed by atoms with E-state index in [2.05, 4.69) is 20.3 Å². The number of H-pyrrole nitrogens is 1. The molecular formula is C13H15F2N3O. The molecule has 102 valence electrons. The van der Waals surface area contributed by atoms with Crippen LogP contribution in [0.2, 0.25) is 0 Å². The number of hydrogen-bond acceptors (Lipinski definition) is 3. The Morgan fingerprint density at radius 1 is 1.26 bits per heavy atom. The Labute approximate surface area is 109 Å². The lowest BCUT2D eigenvalue weighted by atomic mass is 10.2. The number of nitrogens with zero attached hydrogens (tertiary/aromatic N) is 1. The molecule has 1 aromatic heterocycles. The van der Waals surface area contributed by atoms with E-state index >= 15 is 0 Å². The molecule has 0 aliphatic rings. The van der Waals surface area contributed by atoms with E-state index in [9.17, 15) is 8.78 Å². The van der Waals surface area contributed by atoms with Gasteiger partial charge in [0.25, 0.3) is 0 Å². The Hall–Kier alpha value is -2.11. The van der Waals surface area contributed by atoms with E-state index in [4.69, 9.17) is 0 Å². The second kappa shape index (κ2) is 5.69. The van der Waals surface area contributed by atoms with E-state index in [1.807, 2.05) is 13.8 Å². The van der Waals surface area contributed by atoms with Crippen LogP contribution in [0.15, 0.2) is 24.3 Å². The van der Waals surface area contributed by atoms with Crippen molar-refractivity contribution in [1.82, 2.24) is 10.2 Å². The topological polar surface area (TPSA) is 49.9 Å². The first-order chi connectivity index (χ1) is 9.06. The summed E-state index contributed by atoms with van der Waals surface area (Å²) in [7, 11) is 0. The van der Waals surface area contributed by atoms with Crippen LogP contribution in [0.1, 0.15) is 17.0 Å². The van der Waals surface area contributed by atoms with E-state index in [-0.39, 0.29) is 5.75 Å². The van der Waals surface area contributed by atoms with Crippen molar-refractivity contribution in [3.05, 3.63) is 41.2 Å². The fourth-order valence-electron chi connectivity index (χ4n) is 1.78. The standard InChI is InChI=1S/C13H15F2N3O/c1-8-12(9(2)18-17-8)7-16-10-3-5-11(6-4-10)19-13(14)15/h3-6,13,16H,7H2,1-2H3,(H,17,18). The maximum absolute atomic E-state index is 12.0. The molecule has 6 heteroatoms. The molecule has 0 saturated heterocycles. The zero-order chi connectivity index (χ0) is 13.8. The largest absolute Gasteiger partial charge is 0.435 e. The molecule has 4 nitrogen and oxygen atoms in total. The number of halogens is 2. The second-order valence-electron chi connectivity index (χ2n) is 4.17. The van der Waals surface area contributed by atoms with Crippen molar-refractivity contribution < 1.29 is 13.5 Å². The molecule has 2 N–H and O–H groups in total. The number of rotatable bonds is 5. The third-order valence-corrected chi connectivity index (χ3v) is 2.83. The van der Waals surface area contributed by atoms with E-state index in [0.717, 1.165) is 22.6 Å². The highest BCUT2D eigenvalue weighted by atomic mass is 19.3. The number of aromatic nitrogens is 2. The highest BCUT2D eigenvalue weighted by Gasteiger charge is 2.06. The molecule has 0 radical (unpaired) electrons. The molecule has 1 heterocycles. The summed E-state index contributed by atoms with van der Waals surface area (Å²) in [4.78, 5) is 0. The van der Waals surface area contributed by atoms with E-state index < -0.39 is 6.61 Å². The molecule has 0 aliphatic carbocycles. The number of nitrogens with one attached hydrogen (secondary N) is 2. The van der Waals surface area contributed by atoms with Crippen molar-refractivity contribution in [2.45, 2.75) is 27.0 Å². The Balaban J connectivity index is 1.97. The average molecular weight is 267 g/mol. The van der Waals surface area contributed by atoms with Gasteiger partial charge in [0.05, 0.1) is 5.69 Å². The maximum atomic E-state index is 12.0. The molecule has 1 aromatic carbocycles. The predicted octanol–water partition coefficient (Wildman–Crippen LogP) is 3.24. The lowest BCUT2D eigenvalue weighted by Gasteiger charge is -2.08. The third kappa shape index (κ3) is 3.43. The monoisotopic (exact) mass is 267 g/mol. The van der Waals surface area contributed by atoms with Crippen LogP contribution in [0, 0.1) is 13.8 Å². The molecule has 0 spiro atoms. The smallest absolute Gasteiger partial charge is 0.387 e. The highest BCUT2D eigenvalue weighted by molar-refractivity contribution is 5.47. The summed E-state index contributed by atoms with van der Waals surface area (Å²) in [5.74, 6) is 0.149. The average Bonchev–Trinajstić information content (AvgIpc) is 2.68. The highest BCUT2D eigenvalue weighted by Crippen LogP contribution is 2.19. The van der Waals surface area contributed by atoms with Crippen LogP contribution < -0.4 is 10.1 Å². The summed E-state index contributed by atoms with van der Waals surface area (Å²) in [6, 6.07) is 6.40. The zero-order valence-corrected chi connectivity index (χ0v) is 10.7. The molecule has 0 fully saturated rings. The first-order valence-corrected chi connectivity index (χ1v) is 5.85. The molecule has 19 heavy (non-hydrogen) atoms. The number of aromatic amines is 1. The molecule has 0 atom stereocenters. The summed E-state index contributed by atoms with van der Waals surface area (Å²) in [5.41, 5.74) is 3.90. The van der Waals surface area contributed by atoms with E-state index in [0.29, 0.717) is 6.54 Å². The lowest BCUT2D eigenvalue weighted by molar-refractivity contribution is -0.0498. The quantitative estimate of drug-likeness (QED) is 0.874. The summed E-state index contributed by atoms with van der Waals surface area (Å²) in [5, 5.41) is 10.2. The van der Waals surface area contributed by atoms with Gasteiger partial charge in [-0.05, 0) is 38.1 Å². The summed E-state index contributed by atoms with van der Waals surface area (Å²) in [6.07, 6.45) is 0. The molecule has 0 unspecified atom stereocenters. The van der Waals surface area contributed by atoms with Gasteiger partial charge in [-0.1, -0.05) is 0 Å². The molecule has 2 aromatic rings.